The van der Waals surface area contributed by atoms with Gasteiger partial charge in [-0.3, -0.25) is 9.59 Å². The molecule has 0 aliphatic carbocycles. The number of anilines is 1. The van der Waals surface area contributed by atoms with Crippen LogP contribution in [-0.2, 0) is 14.3 Å². The van der Waals surface area contributed by atoms with Crippen LogP contribution in [0.25, 0.3) is 0 Å². The van der Waals surface area contributed by atoms with Crippen molar-refractivity contribution in [2.45, 2.75) is 32.0 Å². The van der Waals surface area contributed by atoms with E-state index in [0.717, 1.165) is 11.3 Å². The molecule has 2 N–H and O–H groups in total. The SMILES string of the molecule is CC(C)c1ccccc1NC(=O)C1C2C=CC(O2)C1C(=O)O. The largest absolute Gasteiger partial charge is 0.481 e. The first kappa shape index (κ1) is 14.8. The Morgan fingerprint density at radius 1 is 1.14 bits per heavy atom. The van der Waals surface area contributed by atoms with Crippen LogP contribution in [0.4, 0.5) is 5.69 Å². The molecule has 1 amide bonds. The van der Waals surface area contributed by atoms with E-state index < -0.39 is 30.0 Å². The number of carboxylic acids is 1. The molecular formula is C17H19NO4. The number of carbonyl (C=O) groups excluding carboxylic acids is 1. The van der Waals surface area contributed by atoms with Crippen molar-refractivity contribution in [2.24, 2.45) is 11.8 Å². The fraction of sp³-hybridized carbons (Fsp3) is 0.412. The quantitative estimate of drug-likeness (QED) is 0.837. The van der Waals surface area contributed by atoms with Gasteiger partial charge in [0.25, 0.3) is 0 Å². The van der Waals surface area contributed by atoms with Gasteiger partial charge in [-0.2, -0.15) is 0 Å². The van der Waals surface area contributed by atoms with Gasteiger partial charge in [0, 0.05) is 5.69 Å². The van der Waals surface area contributed by atoms with Crippen molar-refractivity contribution in [2.75, 3.05) is 5.32 Å². The number of fused-ring (bicyclic) bond motifs is 2. The number of hydrogen-bond donors (Lipinski definition) is 2. The number of carboxylic acid groups (broad SMARTS) is 1. The Labute approximate surface area is 129 Å². The molecular weight excluding hydrogens is 282 g/mol. The molecule has 5 nitrogen and oxygen atoms in total. The van der Waals surface area contributed by atoms with Crippen LogP contribution in [0.15, 0.2) is 36.4 Å². The van der Waals surface area contributed by atoms with Crippen molar-refractivity contribution < 1.29 is 19.4 Å². The van der Waals surface area contributed by atoms with Gasteiger partial charge >= 0.3 is 5.97 Å². The summed E-state index contributed by atoms with van der Waals surface area (Å²) in [6.45, 7) is 4.10. The van der Waals surface area contributed by atoms with E-state index in [4.69, 9.17) is 4.74 Å². The third-order valence-electron chi connectivity index (χ3n) is 4.33. The lowest BCUT2D eigenvalue weighted by Crippen LogP contribution is -2.39. The summed E-state index contributed by atoms with van der Waals surface area (Å²) in [5.74, 6) is -2.52. The molecule has 0 radical (unpaired) electrons. The minimum Gasteiger partial charge on any atom is -0.481 e. The zero-order valence-electron chi connectivity index (χ0n) is 12.5. The molecule has 2 aliphatic rings. The molecule has 1 aromatic rings. The third kappa shape index (κ3) is 2.41. The van der Waals surface area contributed by atoms with E-state index in [2.05, 4.69) is 19.2 Å². The van der Waals surface area contributed by atoms with E-state index in [-0.39, 0.29) is 11.8 Å². The molecule has 22 heavy (non-hydrogen) atoms. The molecule has 2 aliphatic heterocycles. The molecule has 1 saturated heterocycles. The summed E-state index contributed by atoms with van der Waals surface area (Å²) in [6.07, 6.45) is 2.56. The number of amides is 1. The maximum Gasteiger partial charge on any atom is 0.310 e. The Bertz CT molecular complexity index is 637. The Kier molecular flexibility index (Phi) is 3.74. The van der Waals surface area contributed by atoms with Gasteiger partial charge in [0.1, 0.15) is 5.92 Å². The second-order valence-electron chi connectivity index (χ2n) is 6.07. The normalized spacial score (nSPS) is 29.0. The van der Waals surface area contributed by atoms with Crippen molar-refractivity contribution in [3.05, 3.63) is 42.0 Å². The number of para-hydroxylation sites is 1. The van der Waals surface area contributed by atoms with Crippen molar-refractivity contribution >= 4 is 17.6 Å². The predicted octanol–water partition coefficient (Wildman–Crippen LogP) is 2.40. The van der Waals surface area contributed by atoms with Crippen LogP contribution in [0.1, 0.15) is 25.3 Å². The van der Waals surface area contributed by atoms with E-state index in [9.17, 15) is 14.7 Å². The van der Waals surface area contributed by atoms with E-state index >= 15 is 0 Å². The number of benzene rings is 1. The summed E-state index contributed by atoms with van der Waals surface area (Å²) in [5.41, 5.74) is 1.76. The lowest BCUT2D eigenvalue weighted by atomic mass is 9.82. The number of carbonyl (C=O) groups is 2. The van der Waals surface area contributed by atoms with Crippen LogP contribution < -0.4 is 5.32 Å². The fourth-order valence-electron chi connectivity index (χ4n) is 3.25. The van der Waals surface area contributed by atoms with Crippen molar-refractivity contribution in [3.8, 4) is 0 Å². The molecule has 3 rings (SSSR count). The Morgan fingerprint density at radius 2 is 1.77 bits per heavy atom. The van der Waals surface area contributed by atoms with Gasteiger partial charge in [-0.1, -0.05) is 44.2 Å². The van der Waals surface area contributed by atoms with Gasteiger partial charge in [-0.15, -0.1) is 0 Å². The highest BCUT2D eigenvalue weighted by Gasteiger charge is 2.53. The maximum atomic E-state index is 12.6. The van der Waals surface area contributed by atoms with Crippen LogP contribution in [0.3, 0.4) is 0 Å². The molecule has 0 saturated carbocycles. The summed E-state index contributed by atoms with van der Waals surface area (Å²) in [4.78, 5) is 24.0. The maximum absolute atomic E-state index is 12.6. The lowest BCUT2D eigenvalue weighted by Gasteiger charge is -2.22. The monoisotopic (exact) mass is 301 g/mol. The average molecular weight is 301 g/mol. The Balaban J connectivity index is 1.83. The molecule has 1 aromatic carbocycles. The Hall–Kier alpha value is -2.14. The van der Waals surface area contributed by atoms with Gasteiger partial charge in [0.15, 0.2) is 0 Å². The topological polar surface area (TPSA) is 75.6 Å². The zero-order chi connectivity index (χ0) is 15.9. The van der Waals surface area contributed by atoms with Crippen molar-refractivity contribution in [3.63, 3.8) is 0 Å². The van der Waals surface area contributed by atoms with E-state index in [1.165, 1.54) is 0 Å². The number of nitrogens with one attached hydrogen (secondary N) is 1. The second-order valence-corrected chi connectivity index (χ2v) is 6.07. The molecule has 116 valence electrons. The number of rotatable bonds is 4. The lowest BCUT2D eigenvalue weighted by molar-refractivity contribution is -0.145. The Morgan fingerprint density at radius 3 is 2.41 bits per heavy atom. The molecule has 0 spiro atoms. The number of aliphatic carboxylic acids is 1. The first-order valence-corrected chi connectivity index (χ1v) is 7.45. The zero-order valence-corrected chi connectivity index (χ0v) is 12.5. The van der Waals surface area contributed by atoms with E-state index in [1.54, 1.807) is 12.2 Å². The van der Waals surface area contributed by atoms with Crippen molar-refractivity contribution in [1.29, 1.82) is 0 Å². The summed E-state index contributed by atoms with van der Waals surface area (Å²) in [7, 11) is 0. The average Bonchev–Trinajstić information content (AvgIpc) is 3.08. The smallest absolute Gasteiger partial charge is 0.310 e. The van der Waals surface area contributed by atoms with Gasteiger partial charge in [0.05, 0.1) is 18.1 Å². The van der Waals surface area contributed by atoms with Crippen LogP contribution in [-0.4, -0.2) is 29.2 Å². The fourth-order valence-corrected chi connectivity index (χ4v) is 3.25. The van der Waals surface area contributed by atoms with Crippen LogP contribution in [0.5, 0.6) is 0 Å². The molecule has 1 fully saturated rings. The highest BCUT2D eigenvalue weighted by atomic mass is 16.5. The standard InChI is InChI=1S/C17H19NO4/c1-9(2)10-5-3-4-6-11(10)18-16(19)14-12-7-8-13(22-12)15(14)17(20)21/h3-9,12-15H,1-2H3,(H,18,19)(H,20,21). The minimum atomic E-state index is -0.992. The van der Waals surface area contributed by atoms with Crippen LogP contribution >= 0.6 is 0 Å². The van der Waals surface area contributed by atoms with Crippen LogP contribution in [0.2, 0.25) is 0 Å². The summed E-state index contributed by atoms with van der Waals surface area (Å²) in [5, 5.41) is 12.3. The van der Waals surface area contributed by atoms with Gasteiger partial charge in [-0.05, 0) is 17.5 Å². The molecule has 5 heteroatoms. The summed E-state index contributed by atoms with van der Waals surface area (Å²) < 4.78 is 5.54. The summed E-state index contributed by atoms with van der Waals surface area (Å²) >= 11 is 0. The second kappa shape index (κ2) is 5.57. The van der Waals surface area contributed by atoms with E-state index in [1.807, 2.05) is 24.3 Å². The first-order chi connectivity index (χ1) is 10.5. The van der Waals surface area contributed by atoms with Gasteiger partial charge in [-0.25, -0.2) is 0 Å². The molecule has 2 bridgehead atoms. The minimum absolute atomic E-state index is 0.267. The number of ether oxygens (including phenoxy) is 1. The molecule has 4 atom stereocenters. The summed E-state index contributed by atoms with van der Waals surface area (Å²) in [6, 6.07) is 7.58. The molecule has 2 heterocycles. The molecule has 4 unspecified atom stereocenters. The predicted molar refractivity (Wildman–Crippen MR) is 81.6 cm³/mol. The van der Waals surface area contributed by atoms with Crippen molar-refractivity contribution in [1.82, 2.24) is 0 Å². The number of hydrogen-bond acceptors (Lipinski definition) is 3. The molecule has 0 aromatic heterocycles. The third-order valence-corrected chi connectivity index (χ3v) is 4.33. The van der Waals surface area contributed by atoms with E-state index in [0.29, 0.717) is 0 Å². The highest BCUT2D eigenvalue weighted by Crippen LogP contribution is 2.40. The van der Waals surface area contributed by atoms with Gasteiger partial charge in [0.2, 0.25) is 5.91 Å². The van der Waals surface area contributed by atoms with Gasteiger partial charge < -0.3 is 15.2 Å². The highest BCUT2D eigenvalue weighted by molar-refractivity contribution is 5.97. The first-order valence-electron chi connectivity index (χ1n) is 7.45. The van der Waals surface area contributed by atoms with Crippen LogP contribution in [0, 0.1) is 11.8 Å².